The lowest BCUT2D eigenvalue weighted by Gasteiger charge is -2.11. The van der Waals surface area contributed by atoms with Gasteiger partial charge in [-0.05, 0) is 18.6 Å². The molecule has 2 aromatic rings. The van der Waals surface area contributed by atoms with Crippen molar-refractivity contribution in [3.8, 4) is 28.4 Å². The molecule has 0 aromatic heterocycles. The van der Waals surface area contributed by atoms with Gasteiger partial charge in [0, 0.05) is 11.1 Å². The highest BCUT2D eigenvalue weighted by Gasteiger charge is 2.12. The van der Waals surface area contributed by atoms with E-state index in [9.17, 15) is 10.2 Å². The van der Waals surface area contributed by atoms with Crippen LogP contribution in [-0.4, -0.2) is 16.8 Å². The quantitative estimate of drug-likeness (QED) is 0.864. The van der Waals surface area contributed by atoms with Gasteiger partial charge in [-0.1, -0.05) is 37.3 Å². The summed E-state index contributed by atoms with van der Waals surface area (Å²) in [5.74, 6) is 0.644. The first-order chi connectivity index (χ1) is 8.74. The number of aromatic hydroxyl groups is 2. The highest BCUT2D eigenvalue weighted by Crippen LogP contribution is 2.40. The minimum Gasteiger partial charge on any atom is -0.507 e. The predicted molar refractivity (Wildman–Crippen MR) is 71.0 cm³/mol. The Kier molecular flexibility index (Phi) is 3.72. The van der Waals surface area contributed by atoms with Crippen LogP contribution < -0.4 is 4.74 Å². The summed E-state index contributed by atoms with van der Waals surface area (Å²) in [5, 5.41) is 20.0. The highest BCUT2D eigenvalue weighted by atomic mass is 16.5. The van der Waals surface area contributed by atoms with Crippen molar-refractivity contribution in [2.75, 3.05) is 6.61 Å². The van der Waals surface area contributed by atoms with Crippen molar-refractivity contribution in [1.29, 1.82) is 0 Å². The number of rotatable bonds is 4. The molecular weight excluding hydrogens is 228 g/mol. The topological polar surface area (TPSA) is 49.7 Å². The van der Waals surface area contributed by atoms with E-state index in [2.05, 4.69) is 0 Å². The second-order valence-electron chi connectivity index (χ2n) is 4.02. The zero-order chi connectivity index (χ0) is 13.0. The van der Waals surface area contributed by atoms with Gasteiger partial charge in [-0.3, -0.25) is 0 Å². The van der Waals surface area contributed by atoms with Crippen molar-refractivity contribution in [2.24, 2.45) is 0 Å². The minimum atomic E-state index is 0.0625. The van der Waals surface area contributed by atoms with Gasteiger partial charge in [-0.15, -0.1) is 0 Å². The average molecular weight is 244 g/mol. The van der Waals surface area contributed by atoms with Gasteiger partial charge in [0.2, 0.25) is 0 Å². The number of benzene rings is 2. The summed E-state index contributed by atoms with van der Waals surface area (Å²) in [6.07, 6.45) is 0.875. The molecule has 0 saturated heterocycles. The average Bonchev–Trinajstić information content (AvgIpc) is 2.39. The first-order valence-electron chi connectivity index (χ1n) is 5.97. The maximum atomic E-state index is 10.2. The Hall–Kier alpha value is -2.16. The van der Waals surface area contributed by atoms with E-state index < -0.39 is 0 Å². The summed E-state index contributed by atoms with van der Waals surface area (Å²) in [6.45, 7) is 2.56. The van der Waals surface area contributed by atoms with Gasteiger partial charge in [0.15, 0.2) is 11.5 Å². The second-order valence-corrected chi connectivity index (χ2v) is 4.02. The van der Waals surface area contributed by atoms with E-state index in [1.807, 2.05) is 13.0 Å². The number of phenolic OH excluding ortho intramolecular Hbond substituents is 2. The van der Waals surface area contributed by atoms with Gasteiger partial charge >= 0.3 is 0 Å². The molecule has 0 bridgehead atoms. The summed E-state index contributed by atoms with van der Waals surface area (Å²) in [6, 6.07) is 12.2. The molecule has 0 amide bonds. The smallest absolute Gasteiger partial charge is 0.165 e. The van der Waals surface area contributed by atoms with Crippen molar-refractivity contribution in [3.05, 3.63) is 42.5 Å². The van der Waals surface area contributed by atoms with Crippen molar-refractivity contribution < 1.29 is 14.9 Å². The molecule has 2 aromatic carbocycles. The molecule has 0 aliphatic rings. The Morgan fingerprint density at radius 2 is 1.67 bits per heavy atom. The lowest BCUT2D eigenvalue weighted by atomic mass is 10.0. The summed E-state index contributed by atoms with van der Waals surface area (Å²) < 4.78 is 5.46. The normalized spacial score (nSPS) is 10.3. The van der Waals surface area contributed by atoms with Crippen molar-refractivity contribution in [2.45, 2.75) is 13.3 Å². The molecule has 2 N–H and O–H groups in total. The number of ether oxygens (including phenoxy) is 1. The molecular formula is C15H16O3. The van der Waals surface area contributed by atoms with Crippen LogP contribution in [0, 0.1) is 0 Å². The van der Waals surface area contributed by atoms with E-state index in [0.29, 0.717) is 23.5 Å². The molecule has 0 atom stereocenters. The molecule has 0 aliphatic carbocycles. The largest absolute Gasteiger partial charge is 0.507 e. The minimum absolute atomic E-state index is 0.0625. The Morgan fingerprint density at radius 3 is 2.39 bits per heavy atom. The summed E-state index contributed by atoms with van der Waals surface area (Å²) in [5.41, 5.74) is 1.17. The van der Waals surface area contributed by atoms with Gasteiger partial charge in [-0.2, -0.15) is 0 Å². The summed E-state index contributed by atoms with van der Waals surface area (Å²) >= 11 is 0. The van der Waals surface area contributed by atoms with Crippen LogP contribution in [0.3, 0.4) is 0 Å². The zero-order valence-electron chi connectivity index (χ0n) is 10.3. The fourth-order valence-corrected chi connectivity index (χ4v) is 1.77. The van der Waals surface area contributed by atoms with Crippen LogP contribution in [0.4, 0.5) is 0 Å². The van der Waals surface area contributed by atoms with Crippen LogP contribution in [0.25, 0.3) is 11.1 Å². The van der Waals surface area contributed by atoms with Gasteiger partial charge in [0.05, 0.1) is 6.61 Å². The number of hydrogen-bond acceptors (Lipinski definition) is 3. The third-order valence-electron chi connectivity index (χ3n) is 2.65. The maximum absolute atomic E-state index is 10.2. The SMILES string of the molecule is CCCOc1cccc(-c2ccccc2O)c1O. The van der Waals surface area contributed by atoms with E-state index in [0.717, 1.165) is 6.42 Å². The van der Waals surface area contributed by atoms with Crippen LogP contribution in [0.2, 0.25) is 0 Å². The summed E-state index contributed by atoms with van der Waals surface area (Å²) in [7, 11) is 0. The van der Waals surface area contributed by atoms with Gasteiger partial charge in [-0.25, -0.2) is 0 Å². The lowest BCUT2D eigenvalue weighted by Crippen LogP contribution is -1.95. The predicted octanol–water partition coefficient (Wildman–Crippen LogP) is 3.55. The Balaban J connectivity index is 2.43. The van der Waals surface area contributed by atoms with E-state index >= 15 is 0 Å². The van der Waals surface area contributed by atoms with Crippen molar-refractivity contribution >= 4 is 0 Å². The highest BCUT2D eigenvalue weighted by molar-refractivity contribution is 5.77. The molecule has 0 fully saturated rings. The van der Waals surface area contributed by atoms with Gasteiger partial charge in [0.1, 0.15) is 5.75 Å². The van der Waals surface area contributed by atoms with Crippen LogP contribution in [0.5, 0.6) is 17.2 Å². The molecule has 0 aliphatic heterocycles. The molecule has 0 radical (unpaired) electrons. The number of hydrogen-bond donors (Lipinski definition) is 2. The first-order valence-corrected chi connectivity index (χ1v) is 5.97. The first kappa shape index (κ1) is 12.3. The van der Waals surface area contributed by atoms with Crippen LogP contribution in [0.15, 0.2) is 42.5 Å². The third kappa shape index (κ3) is 2.40. The molecule has 3 nitrogen and oxygen atoms in total. The van der Waals surface area contributed by atoms with E-state index in [1.54, 1.807) is 36.4 Å². The number of para-hydroxylation sites is 2. The van der Waals surface area contributed by atoms with Crippen molar-refractivity contribution in [1.82, 2.24) is 0 Å². The van der Waals surface area contributed by atoms with Gasteiger partial charge in [0.25, 0.3) is 0 Å². The van der Waals surface area contributed by atoms with Gasteiger partial charge < -0.3 is 14.9 Å². The van der Waals surface area contributed by atoms with E-state index in [1.165, 1.54) is 0 Å². The Bertz CT molecular complexity index is 535. The zero-order valence-corrected chi connectivity index (χ0v) is 10.3. The molecule has 3 heteroatoms. The van der Waals surface area contributed by atoms with E-state index in [4.69, 9.17) is 4.74 Å². The monoisotopic (exact) mass is 244 g/mol. The number of phenols is 2. The van der Waals surface area contributed by atoms with Crippen LogP contribution in [-0.2, 0) is 0 Å². The molecule has 0 spiro atoms. The second kappa shape index (κ2) is 5.45. The summed E-state index contributed by atoms with van der Waals surface area (Å²) in [4.78, 5) is 0. The molecule has 18 heavy (non-hydrogen) atoms. The fraction of sp³-hybridized carbons (Fsp3) is 0.200. The Morgan fingerprint density at radius 1 is 0.944 bits per heavy atom. The molecule has 0 saturated carbocycles. The van der Waals surface area contributed by atoms with Crippen molar-refractivity contribution in [3.63, 3.8) is 0 Å². The van der Waals surface area contributed by atoms with Crippen LogP contribution in [0.1, 0.15) is 13.3 Å². The molecule has 0 heterocycles. The molecule has 94 valence electrons. The molecule has 2 rings (SSSR count). The van der Waals surface area contributed by atoms with E-state index in [-0.39, 0.29) is 11.5 Å². The fourth-order valence-electron chi connectivity index (χ4n) is 1.77. The Labute approximate surface area is 106 Å². The standard InChI is InChI=1S/C15H16O3/c1-2-10-18-14-9-5-7-12(15(14)17)11-6-3-4-8-13(11)16/h3-9,16-17H,2,10H2,1H3. The third-order valence-corrected chi connectivity index (χ3v) is 2.65. The maximum Gasteiger partial charge on any atom is 0.165 e. The van der Waals surface area contributed by atoms with Crippen LogP contribution >= 0.6 is 0 Å². The lowest BCUT2D eigenvalue weighted by molar-refractivity contribution is 0.300. The molecule has 0 unspecified atom stereocenters.